The third kappa shape index (κ3) is 5.45. The Morgan fingerprint density at radius 3 is 2.76 bits per heavy atom. The Kier molecular flexibility index (Phi) is 6.80. The molecular weight excluding hydrogens is 292 g/mol. The highest BCUT2D eigenvalue weighted by molar-refractivity contribution is 7.92. The van der Waals surface area contributed by atoms with E-state index in [-0.39, 0.29) is 5.75 Å². The molecule has 0 spiro atoms. The van der Waals surface area contributed by atoms with Crippen LogP contribution in [0.5, 0.6) is 0 Å². The summed E-state index contributed by atoms with van der Waals surface area (Å²) in [5.74, 6) is -0.611. The van der Waals surface area contributed by atoms with Crippen molar-refractivity contribution < 1.29 is 17.9 Å². The van der Waals surface area contributed by atoms with Gasteiger partial charge in [0.25, 0.3) is 0 Å². The highest BCUT2D eigenvalue weighted by atomic mass is 32.2. The summed E-state index contributed by atoms with van der Waals surface area (Å²) in [6, 6.07) is 7.01. The van der Waals surface area contributed by atoms with E-state index < -0.39 is 21.0 Å². The molecule has 0 saturated carbocycles. The molecule has 0 radical (unpaired) electrons. The van der Waals surface area contributed by atoms with Crippen LogP contribution in [0, 0.1) is 0 Å². The Bertz CT molecular complexity index is 572. The van der Waals surface area contributed by atoms with Crippen LogP contribution in [-0.4, -0.2) is 39.0 Å². The molecular formula is C14H22N2O4S. The first kappa shape index (κ1) is 17.6. The van der Waals surface area contributed by atoms with Crippen molar-refractivity contribution in [3.63, 3.8) is 0 Å². The van der Waals surface area contributed by atoms with Gasteiger partial charge in [0.1, 0.15) is 5.25 Å². The Morgan fingerprint density at radius 1 is 1.43 bits per heavy atom. The first-order chi connectivity index (χ1) is 9.90. The standard InChI is InChI=1S/C14H22N2O4S/c1-11(21(18,19)8-4-7-20-2)14(17)16-13-6-3-5-12(9-13)10-15/h3,5-6,9,11H,4,7-8,10,15H2,1-2H3,(H,16,17). The monoisotopic (exact) mass is 314 g/mol. The maximum Gasteiger partial charge on any atom is 0.242 e. The Balaban J connectivity index is 2.69. The molecule has 0 heterocycles. The summed E-state index contributed by atoms with van der Waals surface area (Å²) in [6.45, 7) is 2.10. The van der Waals surface area contributed by atoms with Crippen molar-refractivity contribution >= 4 is 21.4 Å². The lowest BCUT2D eigenvalue weighted by Gasteiger charge is -2.13. The molecule has 1 aromatic rings. The molecule has 21 heavy (non-hydrogen) atoms. The minimum absolute atomic E-state index is 0.0712. The van der Waals surface area contributed by atoms with Crippen molar-refractivity contribution in [2.24, 2.45) is 5.73 Å². The summed E-state index contributed by atoms with van der Waals surface area (Å²) in [5, 5.41) is 1.51. The molecule has 0 aliphatic carbocycles. The van der Waals surface area contributed by atoms with Crippen molar-refractivity contribution in [2.45, 2.75) is 25.1 Å². The fourth-order valence-electron chi connectivity index (χ4n) is 1.76. The Labute approximate surface area is 125 Å². The summed E-state index contributed by atoms with van der Waals surface area (Å²) in [4.78, 5) is 12.0. The van der Waals surface area contributed by atoms with Crippen LogP contribution < -0.4 is 11.1 Å². The van der Waals surface area contributed by atoms with Crippen LogP contribution in [0.1, 0.15) is 18.9 Å². The number of anilines is 1. The van der Waals surface area contributed by atoms with E-state index in [2.05, 4.69) is 5.32 Å². The fraction of sp³-hybridized carbons (Fsp3) is 0.500. The lowest BCUT2D eigenvalue weighted by molar-refractivity contribution is -0.115. The van der Waals surface area contributed by atoms with Crippen molar-refractivity contribution in [1.29, 1.82) is 0 Å². The van der Waals surface area contributed by atoms with Crippen LogP contribution in [0.2, 0.25) is 0 Å². The molecule has 7 heteroatoms. The molecule has 0 aromatic heterocycles. The molecule has 0 aliphatic rings. The van der Waals surface area contributed by atoms with Crippen molar-refractivity contribution in [1.82, 2.24) is 0 Å². The van der Waals surface area contributed by atoms with Gasteiger partial charge in [0, 0.05) is 25.9 Å². The predicted molar refractivity (Wildman–Crippen MR) is 82.7 cm³/mol. The molecule has 1 aromatic carbocycles. The van der Waals surface area contributed by atoms with Crippen LogP contribution in [0.3, 0.4) is 0 Å². The van der Waals surface area contributed by atoms with Gasteiger partial charge in [-0.25, -0.2) is 8.42 Å². The van der Waals surface area contributed by atoms with E-state index in [0.29, 0.717) is 25.3 Å². The number of hydrogen-bond donors (Lipinski definition) is 2. The van der Waals surface area contributed by atoms with Crippen LogP contribution >= 0.6 is 0 Å². The summed E-state index contributed by atoms with van der Waals surface area (Å²) in [6.07, 6.45) is 0.374. The summed E-state index contributed by atoms with van der Waals surface area (Å²) < 4.78 is 28.9. The van der Waals surface area contributed by atoms with E-state index >= 15 is 0 Å². The highest BCUT2D eigenvalue weighted by Gasteiger charge is 2.27. The van der Waals surface area contributed by atoms with Gasteiger partial charge in [0.2, 0.25) is 5.91 Å². The van der Waals surface area contributed by atoms with Crippen LogP contribution in [0.15, 0.2) is 24.3 Å². The minimum atomic E-state index is -3.48. The van der Waals surface area contributed by atoms with Crippen molar-refractivity contribution in [3.05, 3.63) is 29.8 Å². The third-order valence-electron chi connectivity index (χ3n) is 3.12. The van der Waals surface area contributed by atoms with E-state index in [0.717, 1.165) is 5.56 Å². The summed E-state index contributed by atoms with van der Waals surface area (Å²) in [5.41, 5.74) is 6.93. The molecule has 3 N–H and O–H groups in total. The number of carbonyl (C=O) groups is 1. The van der Waals surface area contributed by atoms with Gasteiger partial charge in [-0.1, -0.05) is 12.1 Å². The van der Waals surface area contributed by atoms with Crippen LogP contribution in [-0.2, 0) is 25.9 Å². The second-order valence-electron chi connectivity index (χ2n) is 4.75. The number of sulfone groups is 1. The van der Waals surface area contributed by atoms with Crippen molar-refractivity contribution in [3.8, 4) is 0 Å². The smallest absolute Gasteiger partial charge is 0.242 e. The van der Waals surface area contributed by atoms with Gasteiger partial charge >= 0.3 is 0 Å². The number of benzene rings is 1. The Hall–Kier alpha value is -1.44. The van der Waals surface area contributed by atoms with Crippen LogP contribution in [0.4, 0.5) is 5.69 Å². The highest BCUT2D eigenvalue weighted by Crippen LogP contribution is 2.13. The molecule has 1 rings (SSSR count). The largest absolute Gasteiger partial charge is 0.385 e. The molecule has 1 atom stereocenters. The number of amides is 1. The number of nitrogens with two attached hydrogens (primary N) is 1. The number of hydrogen-bond acceptors (Lipinski definition) is 5. The lowest BCUT2D eigenvalue weighted by Crippen LogP contribution is -2.34. The molecule has 1 unspecified atom stereocenters. The van der Waals surface area contributed by atoms with E-state index in [1.54, 1.807) is 18.2 Å². The molecule has 1 amide bonds. The average molecular weight is 314 g/mol. The van der Waals surface area contributed by atoms with E-state index in [9.17, 15) is 13.2 Å². The predicted octanol–water partition coefficient (Wildman–Crippen LogP) is 0.924. The quantitative estimate of drug-likeness (QED) is 0.695. The van der Waals surface area contributed by atoms with Gasteiger partial charge in [-0.15, -0.1) is 0 Å². The molecule has 0 fully saturated rings. The molecule has 6 nitrogen and oxygen atoms in total. The first-order valence-electron chi connectivity index (χ1n) is 6.71. The second-order valence-corrected chi connectivity index (χ2v) is 7.19. The third-order valence-corrected chi connectivity index (χ3v) is 5.26. The van der Waals surface area contributed by atoms with Gasteiger partial charge < -0.3 is 15.8 Å². The normalized spacial score (nSPS) is 12.9. The molecule has 0 bridgehead atoms. The van der Waals surface area contributed by atoms with Gasteiger partial charge in [0.05, 0.1) is 5.75 Å². The topological polar surface area (TPSA) is 98.5 Å². The maximum absolute atomic E-state index is 12.0. The van der Waals surface area contributed by atoms with Gasteiger partial charge in [-0.2, -0.15) is 0 Å². The molecule has 0 saturated heterocycles. The number of rotatable bonds is 8. The number of nitrogens with one attached hydrogen (secondary N) is 1. The summed E-state index contributed by atoms with van der Waals surface area (Å²) in [7, 11) is -1.98. The number of ether oxygens (including phenoxy) is 1. The SMILES string of the molecule is COCCCS(=O)(=O)C(C)C(=O)Nc1cccc(CN)c1. The zero-order chi connectivity index (χ0) is 15.9. The van der Waals surface area contributed by atoms with Crippen molar-refractivity contribution in [2.75, 3.05) is 24.8 Å². The van der Waals surface area contributed by atoms with E-state index in [1.165, 1.54) is 14.0 Å². The fourth-order valence-corrected chi connectivity index (χ4v) is 3.02. The zero-order valence-electron chi connectivity index (χ0n) is 12.3. The lowest BCUT2D eigenvalue weighted by atomic mass is 10.2. The van der Waals surface area contributed by atoms with Crippen LogP contribution in [0.25, 0.3) is 0 Å². The van der Waals surface area contributed by atoms with E-state index in [4.69, 9.17) is 10.5 Å². The molecule has 118 valence electrons. The zero-order valence-corrected chi connectivity index (χ0v) is 13.2. The maximum atomic E-state index is 12.0. The number of carbonyl (C=O) groups excluding carboxylic acids is 1. The van der Waals surface area contributed by atoms with E-state index in [1.807, 2.05) is 6.07 Å². The summed E-state index contributed by atoms with van der Waals surface area (Å²) >= 11 is 0. The van der Waals surface area contributed by atoms with Gasteiger partial charge in [0.15, 0.2) is 9.84 Å². The average Bonchev–Trinajstić information content (AvgIpc) is 2.46. The van der Waals surface area contributed by atoms with Gasteiger partial charge in [-0.3, -0.25) is 4.79 Å². The second kappa shape index (κ2) is 8.11. The minimum Gasteiger partial charge on any atom is -0.385 e. The number of methoxy groups -OCH3 is 1. The first-order valence-corrected chi connectivity index (χ1v) is 8.42. The molecule has 0 aliphatic heterocycles. The van der Waals surface area contributed by atoms with Gasteiger partial charge in [-0.05, 0) is 31.0 Å². The Morgan fingerprint density at radius 2 is 2.14 bits per heavy atom.